The van der Waals surface area contributed by atoms with Crippen LogP contribution in [-0.2, 0) is 25.9 Å². The topological polar surface area (TPSA) is 85.8 Å². The SMILES string of the molecule is Nc1ccccc1CC(=O)c1ccc(CCCn2cc(CNC3CC3c3ccccc3)nn2)cc1. The second-order valence-electron chi connectivity index (χ2n) is 9.31. The van der Waals surface area contributed by atoms with Crippen molar-refractivity contribution in [3.63, 3.8) is 0 Å². The number of anilines is 1. The molecule has 1 heterocycles. The highest BCUT2D eigenvalue weighted by molar-refractivity contribution is 5.98. The molecule has 1 aliphatic carbocycles. The lowest BCUT2D eigenvalue weighted by molar-refractivity contribution is 0.0993. The van der Waals surface area contributed by atoms with E-state index in [1.165, 1.54) is 17.5 Å². The van der Waals surface area contributed by atoms with Crippen LogP contribution in [0.15, 0.2) is 85.1 Å². The van der Waals surface area contributed by atoms with E-state index in [0.717, 1.165) is 42.8 Å². The number of carbonyl (C=O) groups excluding carboxylic acids is 1. The number of nitrogens with two attached hydrogens (primary N) is 1. The molecule has 4 aromatic rings. The van der Waals surface area contributed by atoms with Crippen LogP contribution in [0.2, 0.25) is 0 Å². The monoisotopic (exact) mass is 465 g/mol. The molecule has 1 fully saturated rings. The molecule has 0 bridgehead atoms. The zero-order chi connectivity index (χ0) is 24.0. The van der Waals surface area contributed by atoms with Crippen molar-refractivity contribution in [2.75, 3.05) is 5.73 Å². The summed E-state index contributed by atoms with van der Waals surface area (Å²) in [4.78, 5) is 12.6. The fourth-order valence-corrected chi connectivity index (χ4v) is 4.53. The van der Waals surface area contributed by atoms with Crippen LogP contribution in [-0.4, -0.2) is 26.8 Å². The number of nitrogens with one attached hydrogen (secondary N) is 1. The van der Waals surface area contributed by atoms with Crippen molar-refractivity contribution in [1.82, 2.24) is 20.3 Å². The third kappa shape index (κ3) is 6.03. The molecule has 0 aliphatic heterocycles. The lowest BCUT2D eigenvalue weighted by atomic mass is 10.00. The molecule has 2 atom stereocenters. The number of hydrogen-bond donors (Lipinski definition) is 2. The molecule has 0 amide bonds. The first kappa shape index (κ1) is 23.0. The summed E-state index contributed by atoms with van der Waals surface area (Å²) in [6.07, 6.45) is 5.42. The molecule has 0 radical (unpaired) electrons. The van der Waals surface area contributed by atoms with Gasteiger partial charge in [0, 0.05) is 48.9 Å². The Morgan fingerprint density at radius 2 is 1.77 bits per heavy atom. The number of para-hydroxylation sites is 1. The first-order valence-corrected chi connectivity index (χ1v) is 12.3. The zero-order valence-corrected chi connectivity index (χ0v) is 19.8. The summed E-state index contributed by atoms with van der Waals surface area (Å²) in [5.74, 6) is 0.698. The van der Waals surface area contributed by atoms with Crippen molar-refractivity contribution in [3.8, 4) is 0 Å². The Labute approximate surface area is 206 Å². The molecule has 3 aromatic carbocycles. The fraction of sp³-hybridized carbons (Fsp3) is 0.276. The van der Waals surface area contributed by atoms with Crippen LogP contribution in [0, 0.1) is 0 Å². The summed E-state index contributed by atoms with van der Waals surface area (Å²) in [7, 11) is 0. The van der Waals surface area contributed by atoms with E-state index in [-0.39, 0.29) is 5.78 Å². The molecule has 1 aromatic heterocycles. The van der Waals surface area contributed by atoms with Gasteiger partial charge < -0.3 is 11.1 Å². The van der Waals surface area contributed by atoms with Crippen LogP contribution < -0.4 is 11.1 Å². The van der Waals surface area contributed by atoms with E-state index < -0.39 is 0 Å². The highest BCUT2D eigenvalue weighted by atomic mass is 16.1. The summed E-state index contributed by atoms with van der Waals surface area (Å²) in [6, 6.07) is 26.6. The molecule has 5 rings (SSSR count). The minimum atomic E-state index is 0.0829. The zero-order valence-electron chi connectivity index (χ0n) is 19.8. The van der Waals surface area contributed by atoms with Gasteiger partial charge >= 0.3 is 0 Å². The molecule has 35 heavy (non-hydrogen) atoms. The summed E-state index contributed by atoms with van der Waals surface area (Å²) in [5, 5.41) is 12.2. The van der Waals surface area contributed by atoms with Gasteiger partial charge in [-0.3, -0.25) is 9.48 Å². The van der Waals surface area contributed by atoms with Crippen LogP contribution in [0.1, 0.15) is 51.5 Å². The normalized spacial score (nSPS) is 16.8. The number of Topliss-reactive ketones (excluding diaryl/α,β-unsaturated/α-hetero) is 1. The van der Waals surface area contributed by atoms with Gasteiger partial charge in [-0.2, -0.15) is 0 Å². The van der Waals surface area contributed by atoms with Gasteiger partial charge in [-0.15, -0.1) is 5.10 Å². The number of aromatic nitrogens is 3. The van der Waals surface area contributed by atoms with Crippen molar-refractivity contribution in [1.29, 1.82) is 0 Å². The predicted molar refractivity (Wildman–Crippen MR) is 138 cm³/mol. The molecule has 0 saturated heterocycles. The van der Waals surface area contributed by atoms with E-state index in [4.69, 9.17) is 5.73 Å². The lowest BCUT2D eigenvalue weighted by Crippen LogP contribution is -2.17. The van der Waals surface area contributed by atoms with E-state index >= 15 is 0 Å². The average molecular weight is 466 g/mol. The number of rotatable bonds is 11. The van der Waals surface area contributed by atoms with Gasteiger partial charge in [0.2, 0.25) is 0 Å². The third-order valence-corrected chi connectivity index (χ3v) is 6.68. The van der Waals surface area contributed by atoms with E-state index in [0.29, 0.717) is 24.1 Å². The Hall–Kier alpha value is -3.77. The van der Waals surface area contributed by atoms with E-state index in [9.17, 15) is 4.79 Å². The molecule has 6 nitrogen and oxygen atoms in total. The molecule has 0 spiro atoms. The Bertz CT molecular complexity index is 1270. The van der Waals surface area contributed by atoms with Gasteiger partial charge in [0.05, 0.1) is 5.69 Å². The van der Waals surface area contributed by atoms with Crippen LogP contribution in [0.5, 0.6) is 0 Å². The number of carbonyl (C=O) groups is 1. The van der Waals surface area contributed by atoms with Gasteiger partial charge in [-0.05, 0) is 42.0 Å². The van der Waals surface area contributed by atoms with Gasteiger partial charge in [0.1, 0.15) is 0 Å². The first-order chi connectivity index (χ1) is 17.2. The molecule has 6 heteroatoms. The van der Waals surface area contributed by atoms with Gasteiger partial charge in [0.15, 0.2) is 5.78 Å². The summed E-state index contributed by atoms with van der Waals surface area (Å²) < 4.78 is 1.92. The predicted octanol–water partition coefficient (Wildman–Crippen LogP) is 4.56. The van der Waals surface area contributed by atoms with Crippen molar-refractivity contribution < 1.29 is 4.79 Å². The van der Waals surface area contributed by atoms with E-state index in [2.05, 4.69) is 46.0 Å². The number of aryl methyl sites for hydroxylation is 2. The molecule has 1 aliphatic rings. The maximum Gasteiger partial charge on any atom is 0.167 e. The standard InChI is InChI=1S/C29H31N5O/c30-27-11-5-4-10-24(27)17-29(35)23-14-12-21(13-15-23)7-6-16-34-20-25(32-33-34)19-31-28-18-26(28)22-8-2-1-3-9-22/h1-5,8-15,20,26,28,31H,6-7,16-19,30H2. The lowest BCUT2D eigenvalue weighted by Gasteiger charge is -2.06. The van der Waals surface area contributed by atoms with Crippen LogP contribution >= 0.6 is 0 Å². The smallest absolute Gasteiger partial charge is 0.167 e. The van der Waals surface area contributed by atoms with E-state index in [1.807, 2.05) is 59.4 Å². The van der Waals surface area contributed by atoms with Crippen LogP contribution in [0.25, 0.3) is 0 Å². The summed E-state index contributed by atoms with van der Waals surface area (Å²) >= 11 is 0. The Morgan fingerprint density at radius 1 is 1.00 bits per heavy atom. The van der Waals surface area contributed by atoms with Crippen molar-refractivity contribution in [3.05, 3.63) is 113 Å². The van der Waals surface area contributed by atoms with E-state index in [1.54, 1.807) is 0 Å². The molecular weight excluding hydrogens is 434 g/mol. The van der Waals surface area contributed by atoms with Crippen LogP contribution in [0.3, 0.4) is 0 Å². The molecular formula is C29H31N5O. The minimum Gasteiger partial charge on any atom is -0.398 e. The third-order valence-electron chi connectivity index (χ3n) is 6.68. The number of nitrogen functional groups attached to an aromatic ring is 1. The van der Waals surface area contributed by atoms with Gasteiger partial charge in [0.25, 0.3) is 0 Å². The Kier molecular flexibility index (Phi) is 7.00. The quantitative estimate of drug-likeness (QED) is 0.250. The second-order valence-corrected chi connectivity index (χ2v) is 9.31. The Balaban J connectivity index is 1.04. The molecule has 2 unspecified atom stereocenters. The Morgan fingerprint density at radius 3 is 2.57 bits per heavy atom. The fourth-order valence-electron chi connectivity index (χ4n) is 4.53. The number of benzene rings is 3. The molecule has 3 N–H and O–H groups in total. The van der Waals surface area contributed by atoms with Crippen molar-refractivity contribution in [2.45, 2.75) is 50.7 Å². The highest BCUT2D eigenvalue weighted by Crippen LogP contribution is 2.40. The van der Waals surface area contributed by atoms with Gasteiger partial charge in [-0.25, -0.2) is 0 Å². The minimum absolute atomic E-state index is 0.0829. The van der Waals surface area contributed by atoms with Crippen molar-refractivity contribution in [2.24, 2.45) is 0 Å². The largest absolute Gasteiger partial charge is 0.398 e. The summed E-state index contributed by atoms with van der Waals surface area (Å²) in [6.45, 7) is 1.56. The molecule has 178 valence electrons. The average Bonchev–Trinajstić information content (AvgIpc) is 3.54. The second kappa shape index (κ2) is 10.7. The number of nitrogens with zero attached hydrogens (tertiary/aromatic N) is 3. The number of ketones is 1. The molecule has 1 saturated carbocycles. The summed E-state index contributed by atoms with van der Waals surface area (Å²) in [5.41, 5.74) is 11.8. The maximum atomic E-state index is 12.6. The van der Waals surface area contributed by atoms with Crippen LogP contribution in [0.4, 0.5) is 5.69 Å². The highest BCUT2D eigenvalue weighted by Gasteiger charge is 2.37. The van der Waals surface area contributed by atoms with Crippen molar-refractivity contribution >= 4 is 11.5 Å². The van der Waals surface area contributed by atoms with Gasteiger partial charge in [-0.1, -0.05) is 78.0 Å². The first-order valence-electron chi connectivity index (χ1n) is 12.3. The number of hydrogen-bond acceptors (Lipinski definition) is 5. The maximum absolute atomic E-state index is 12.6.